The van der Waals surface area contributed by atoms with Gasteiger partial charge in [-0.1, -0.05) is 6.92 Å². The number of hydrogen-bond donors (Lipinski definition) is 1. The first-order valence-corrected chi connectivity index (χ1v) is 5.08. The van der Waals surface area contributed by atoms with Gasteiger partial charge in [-0.3, -0.25) is 9.59 Å². The van der Waals surface area contributed by atoms with Crippen LogP contribution in [0.3, 0.4) is 0 Å². The summed E-state index contributed by atoms with van der Waals surface area (Å²) in [4.78, 5) is 23.9. The highest BCUT2D eigenvalue weighted by atomic mass is 16.4. The number of carbonyl (C=O) groups is 2. The molecule has 1 aliphatic heterocycles. The second-order valence-electron chi connectivity index (χ2n) is 3.77. The van der Waals surface area contributed by atoms with Gasteiger partial charge in [-0.2, -0.15) is 0 Å². The summed E-state index contributed by atoms with van der Waals surface area (Å²) in [5, 5.41) is 9.00. The minimum Gasteiger partial charge on any atom is -0.481 e. The Bertz CT molecular complexity index is 240. The van der Waals surface area contributed by atoms with Crippen LogP contribution in [0.1, 0.15) is 33.1 Å². The molecule has 1 fully saturated rings. The van der Waals surface area contributed by atoms with Crippen LogP contribution in [0.4, 0.5) is 0 Å². The third kappa shape index (κ3) is 2.05. The van der Waals surface area contributed by atoms with Crippen LogP contribution >= 0.6 is 0 Å². The zero-order valence-corrected chi connectivity index (χ0v) is 8.69. The van der Waals surface area contributed by atoms with Crippen molar-refractivity contribution in [3.8, 4) is 0 Å². The molecular weight excluding hydrogens is 182 g/mol. The van der Waals surface area contributed by atoms with Crippen LogP contribution in [0.5, 0.6) is 0 Å². The van der Waals surface area contributed by atoms with Crippen LogP contribution in [0.2, 0.25) is 0 Å². The molecule has 1 saturated heterocycles. The molecule has 0 saturated carbocycles. The maximum atomic E-state index is 11.2. The van der Waals surface area contributed by atoms with Crippen LogP contribution in [0, 0.1) is 5.92 Å². The minimum absolute atomic E-state index is 0.00722. The van der Waals surface area contributed by atoms with E-state index in [1.54, 1.807) is 4.90 Å². The standard InChI is InChI=1S/C10H17NO3/c1-3-8(10(13)14)9-5-4-6-11(9)7(2)12/h8-9H,3-6H2,1-2H3,(H,13,14). The lowest BCUT2D eigenvalue weighted by Gasteiger charge is -2.27. The molecule has 1 aliphatic rings. The van der Waals surface area contributed by atoms with Gasteiger partial charge >= 0.3 is 5.97 Å². The number of carboxylic acid groups (broad SMARTS) is 1. The highest BCUT2D eigenvalue weighted by Crippen LogP contribution is 2.26. The lowest BCUT2D eigenvalue weighted by Crippen LogP contribution is -2.41. The van der Waals surface area contributed by atoms with Gasteiger partial charge in [0.25, 0.3) is 0 Å². The molecule has 0 radical (unpaired) electrons. The molecule has 1 N–H and O–H groups in total. The summed E-state index contributed by atoms with van der Waals surface area (Å²) in [6.45, 7) is 4.08. The molecule has 0 aromatic carbocycles. The Morgan fingerprint density at radius 3 is 2.64 bits per heavy atom. The summed E-state index contributed by atoms with van der Waals surface area (Å²) in [7, 11) is 0. The predicted octanol–water partition coefficient (Wildman–Crippen LogP) is 1.11. The van der Waals surface area contributed by atoms with Gasteiger partial charge in [-0.25, -0.2) is 0 Å². The van der Waals surface area contributed by atoms with E-state index in [-0.39, 0.29) is 11.9 Å². The van der Waals surface area contributed by atoms with Crippen molar-refractivity contribution < 1.29 is 14.7 Å². The Balaban J connectivity index is 2.74. The number of hydrogen-bond acceptors (Lipinski definition) is 2. The Labute approximate surface area is 83.9 Å². The van der Waals surface area contributed by atoms with Gasteiger partial charge in [0.15, 0.2) is 0 Å². The number of amides is 1. The van der Waals surface area contributed by atoms with Gasteiger partial charge in [0.05, 0.1) is 5.92 Å². The second-order valence-corrected chi connectivity index (χ2v) is 3.77. The molecule has 1 rings (SSSR count). The molecule has 4 nitrogen and oxygen atoms in total. The predicted molar refractivity (Wildman–Crippen MR) is 51.8 cm³/mol. The number of nitrogens with zero attached hydrogens (tertiary/aromatic N) is 1. The minimum atomic E-state index is -0.786. The van der Waals surface area contributed by atoms with E-state index < -0.39 is 11.9 Å². The fraction of sp³-hybridized carbons (Fsp3) is 0.800. The van der Waals surface area contributed by atoms with E-state index in [4.69, 9.17) is 5.11 Å². The van der Waals surface area contributed by atoms with Crippen LogP contribution in [0.15, 0.2) is 0 Å². The smallest absolute Gasteiger partial charge is 0.308 e. The topological polar surface area (TPSA) is 57.6 Å². The maximum Gasteiger partial charge on any atom is 0.308 e. The highest BCUT2D eigenvalue weighted by molar-refractivity contribution is 5.76. The molecule has 80 valence electrons. The Morgan fingerprint density at radius 2 is 2.21 bits per heavy atom. The summed E-state index contributed by atoms with van der Waals surface area (Å²) >= 11 is 0. The van der Waals surface area contributed by atoms with E-state index >= 15 is 0 Å². The lowest BCUT2D eigenvalue weighted by atomic mass is 9.95. The normalized spacial score (nSPS) is 23.6. The summed E-state index contributed by atoms with van der Waals surface area (Å²) in [6.07, 6.45) is 2.34. The average molecular weight is 199 g/mol. The average Bonchev–Trinajstić information content (AvgIpc) is 2.53. The molecule has 0 aromatic rings. The van der Waals surface area contributed by atoms with Gasteiger partial charge in [-0.05, 0) is 19.3 Å². The summed E-state index contributed by atoms with van der Waals surface area (Å²) in [5.41, 5.74) is 0. The molecule has 0 aliphatic carbocycles. The fourth-order valence-electron chi connectivity index (χ4n) is 2.21. The van der Waals surface area contributed by atoms with Crippen molar-refractivity contribution in [1.29, 1.82) is 0 Å². The number of rotatable bonds is 3. The number of aliphatic carboxylic acids is 1. The van der Waals surface area contributed by atoms with Gasteiger partial charge in [0, 0.05) is 19.5 Å². The van der Waals surface area contributed by atoms with Crippen molar-refractivity contribution in [1.82, 2.24) is 4.90 Å². The fourth-order valence-corrected chi connectivity index (χ4v) is 2.21. The molecular formula is C10H17NO3. The molecule has 0 bridgehead atoms. The van der Waals surface area contributed by atoms with E-state index in [2.05, 4.69) is 0 Å². The second kappa shape index (κ2) is 4.44. The zero-order chi connectivity index (χ0) is 10.7. The third-order valence-corrected chi connectivity index (χ3v) is 2.93. The van der Waals surface area contributed by atoms with E-state index in [9.17, 15) is 9.59 Å². The molecule has 2 unspecified atom stereocenters. The Kier molecular flexibility index (Phi) is 3.49. The van der Waals surface area contributed by atoms with Crippen LogP contribution in [0.25, 0.3) is 0 Å². The maximum absolute atomic E-state index is 11.2. The van der Waals surface area contributed by atoms with Crippen molar-refractivity contribution in [3.05, 3.63) is 0 Å². The van der Waals surface area contributed by atoms with Gasteiger partial charge in [-0.15, -0.1) is 0 Å². The molecule has 2 atom stereocenters. The quantitative estimate of drug-likeness (QED) is 0.740. The lowest BCUT2D eigenvalue weighted by molar-refractivity contribution is -0.145. The van der Waals surface area contributed by atoms with Gasteiger partial charge in [0.1, 0.15) is 0 Å². The third-order valence-electron chi connectivity index (χ3n) is 2.93. The molecule has 0 spiro atoms. The van der Waals surface area contributed by atoms with Crippen LogP contribution in [-0.2, 0) is 9.59 Å². The summed E-state index contributed by atoms with van der Waals surface area (Å²) in [5.74, 6) is -1.20. The largest absolute Gasteiger partial charge is 0.481 e. The number of likely N-dealkylation sites (tertiary alicyclic amines) is 1. The van der Waals surface area contributed by atoms with Crippen molar-refractivity contribution >= 4 is 11.9 Å². The molecule has 0 aromatic heterocycles. The van der Waals surface area contributed by atoms with Crippen molar-refractivity contribution in [2.45, 2.75) is 39.2 Å². The summed E-state index contributed by atoms with van der Waals surface area (Å²) < 4.78 is 0. The van der Waals surface area contributed by atoms with Gasteiger partial charge < -0.3 is 10.0 Å². The van der Waals surface area contributed by atoms with E-state index in [1.807, 2.05) is 6.92 Å². The number of carboxylic acids is 1. The monoisotopic (exact) mass is 199 g/mol. The van der Waals surface area contributed by atoms with Crippen molar-refractivity contribution in [2.24, 2.45) is 5.92 Å². The highest BCUT2D eigenvalue weighted by Gasteiger charge is 2.35. The van der Waals surface area contributed by atoms with E-state index in [0.717, 1.165) is 12.8 Å². The first kappa shape index (κ1) is 11.0. The van der Waals surface area contributed by atoms with Crippen molar-refractivity contribution in [3.63, 3.8) is 0 Å². The van der Waals surface area contributed by atoms with Crippen LogP contribution in [-0.4, -0.2) is 34.5 Å². The van der Waals surface area contributed by atoms with E-state index in [1.165, 1.54) is 6.92 Å². The van der Waals surface area contributed by atoms with Gasteiger partial charge in [0.2, 0.25) is 5.91 Å². The van der Waals surface area contributed by atoms with E-state index in [0.29, 0.717) is 13.0 Å². The molecule has 14 heavy (non-hydrogen) atoms. The Hall–Kier alpha value is -1.06. The molecule has 1 heterocycles. The SMILES string of the molecule is CCC(C(=O)O)C1CCCN1C(C)=O. The first-order chi connectivity index (χ1) is 6.57. The summed E-state index contributed by atoms with van der Waals surface area (Å²) in [6, 6.07) is -0.0880. The Morgan fingerprint density at radius 1 is 1.57 bits per heavy atom. The van der Waals surface area contributed by atoms with Crippen LogP contribution < -0.4 is 0 Å². The zero-order valence-electron chi connectivity index (χ0n) is 8.69. The molecule has 4 heteroatoms. The van der Waals surface area contributed by atoms with Crippen molar-refractivity contribution in [2.75, 3.05) is 6.54 Å². The molecule has 1 amide bonds. The number of carbonyl (C=O) groups excluding carboxylic acids is 1. The first-order valence-electron chi connectivity index (χ1n) is 5.08.